The Morgan fingerprint density at radius 2 is 2.35 bits per heavy atom. The van der Waals surface area contributed by atoms with E-state index in [0.29, 0.717) is 13.0 Å². The summed E-state index contributed by atoms with van der Waals surface area (Å²) in [4.78, 5) is 19.2. The first-order valence-corrected chi connectivity index (χ1v) is 5.56. The lowest BCUT2D eigenvalue weighted by Crippen LogP contribution is -1.95. The smallest absolute Gasteiger partial charge is 0.303 e. The molecule has 0 aliphatic rings. The minimum atomic E-state index is -0.750. The summed E-state index contributed by atoms with van der Waals surface area (Å²) >= 11 is 0. The molecule has 5 nitrogen and oxygen atoms in total. The number of unbranched alkanes of at least 4 members (excludes halogenated alkanes) is 2. The summed E-state index contributed by atoms with van der Waals surface area (Å²) in [6.45, 7) is 0.510. The van der Waals surface area contributed by atoms with Crippen LogP contribution in [0.15, 0.2) is 29.7 Å². The maximum absolute atomic E-state index is 10.2. The molecule has 0 unspecified atom stereocenters. The summed E-state index contributed by atoms with van der Waals surface area (Å²) in [6.07, 6.45) is 7.56. The van der Waals surface area contributed by atoms with E-state index < -0.39 is 5.97 Å². The molecular weight excluding hydrogens is 220 g/mol. The lowest BCUT2D eigenvalue weighted by Gasteiger charge is -1.98. The van der Waals surface area contributed by atoms with E-state index in [0.717, 1.165) is 18.4 Å². The molecule has 1 heterocycles. The molecule has 1 aromatic rings. The largest absolute Gasteiger partial charge is 0.481 e. The standard InChI is InChI=1S/C12H16N2O3/c15-12(16)6-2-1-3-8-17-14-10-11-5-4-7-13-9-11/h4-5,7,9-10H,1-3,6,8H2,(H,15,16)/b14-10+. The van der Waals surface area contributed by atoms with Crippen molar-refractivity contribution in [3.8, 4) is 0 Å². The van der Waals surface area contributed by atoms with Crippen LogP contribution in [-0.4, -0.2) is 28.9 Å². The summed E-state index contributed by atoms with van der Waals surface area (Å²) in [7, 11) is 0. The number of rotatable bonds is 8. The fourth-order valence-corrected chi connectivity index (χ4v) is 1.22. The maximum atomic E-state index is 10.2. The molecule has 0 saturated heterocycles. The second-order valence-corrected chi connectivity index (χ2v) is 3.56. The molecule has 0 atom stereocenters. The molecule has 0 amide bonds. The average molecular weight is 236 g/mol. The van der Waals surface area contributed by atoms with Gasteiger partial charge in [0.25, 0.3) is 0 Å². The topological polar surface area (TPSA) is 71.8 Å². The van der Waals surface area contributed by atoms with E-state index in [1.165, 1.54) is 0 Å². The SMILES string of the molecule is O=C(O)CCCCCO/N=C/c1cccnc1. The van der Waals surface area contributed by atoms with E-state index in [1.54, 1.807) is 18.6 Å². The van der Waals surface area contributed by atoms with Crippen molar-refractivity contribution >= 4 is 12.2 Å². The first-order valence-electron chi connectivity index (χ1n) is 5.56. The zero-order valence-electron chi connectivity index (χ0n) is 9.58. The Bertz CT molecular complexity index is 352. The highest BCUT2D eigenvalue weighted by atomic mass is 16.6. The normalized spacial score (nSPS) is 10.6. The molecule has 1 rings (SSSR count). The lowest BCUT2D eigenvalue weighted by atomic mass is 10.2. The highest BCUT2D eigenvalue weighted by Gasteiger charge is 1.95. The molecule has 0 radical (unpaired) electrons. The zero-order chi connectivity index (χ0) is 12.3. The molecule has 1 aromatic heterocycles. The Balaban J connectivity index is 2.01. The predicted octanol–water partition coefficient (Wildman–Crippen LogP) is 2.08. The van der Waals surface area contributed by atoms with Crippen LogP contribution in [0.4, 0.5) is 0 Å². The van der Waals surface area contributed by atoms with Gasteiger partial charge in [0.15, 0.2) is 0 Å². The second kappa shape index (κ2) is 8.27. The third-order valence-electron chi connectivity index (χ3n) is 2.09. The van der Waals surface area contributed by atoms with Crippen LogP contribution < -0.4 is 0 Å². The molecule has 17 heavy (non-hydrogen) atoms. The molecule has 92 valence electrons. The Labute approximate surface area is 100 Å². The van der Waals surface area contributed by atoms with Gasteiger partial charge in [-0.3, -0.25) is 9.78 Å². The Morgan fingerprint density at radius 3 is 3.06 bits per heavy atom. The van der Waals surface area contributed by atoms with Gasteiger partial charge in [-0.15, -0.1) is 0 Å². The molecule has 0 saturated carbocycles. The van der Waals surface area contributed by atoms with Gasteiger partial charge in [0.2, 0.25) is 0 Å². The summed E-state index contributed by atoms with van der Waals surface area (Å²) in [5.41, 5.74) is 0.887. The van der Waals surface area contributed by atoms with Crippen molar-refractivity contribution in [3.05, 3.63) is 30.1 Å². The van der Waals surface area contributed by atoms with Crippen molar-refractivity contribution in [2.45, 2.75) is 25.7 Å². The third kappa shape index (κ3) is 7.05. The number of hydrogen-bond acceptors (Lipinski definition) is 4. The van der Waals surface area contributed by atoms with Gasteiger partial charge in [-0.25, -0.2) is 0 Å². The summed E-state index contributed by atoms with van der Waals surface area (Å²) in [5.74, 6) is -0.750. The van der Waals surface area contributed by atoms with Crippen molar-refractivity contribution in [1.82, 2.24) is 4.98 Å². The number of aliphatic carboxylic acids is 1. The van der Waals surface area contributed by atoms with Crippen LogP contribution in [0.5, 0.6) is 0 Å². The first kappa shape index (κ1) is 13.2. The van der Waals surface area contributed by atoms with Gasteiger partial charge in [-0.1, -0.05) is 11.2 Å². The van der Waals surface area contributed by atoms with Gasteiger partial charge in [0, 0.05) is 24.4 Å². The van der Waals surface area contributed by atoms with Crippen LogP contribution in [0.3, 0.4) is 0 Å². The van der Waals surface area contributed by atoms with Crippen molar-refractivity contribution in [1.29, 1.82) is 0 Å². The number of carboxylic acid groups (broad SMARTS) is 1. The number of carbonyl (C=O) groups is 1. The molecule has 0 fully saturated rings. The molecule has 0 aromatic carbocycles. The lowest BCUT2D eigenvalue weighted by molar-refractivity contribution is -0.137. The maximum Gasteiger partial charge on any atom is 0.303 e. The van der Waals surface area contributed by atoms with Crippen molar-refractivity contribution in [2.24, 2.45) is 5.16 Å². The molecular formula is C12H16N2O3. The quantitative estimate of drug-likeness (QED) is 0.426. The second-order valence-electron chi connectivity index (χ2n) is 3.56. The van der Waals surface area contributed by atoms with Crippen molar-refractivity contribution < 1.29 is 14.7 Å². The highest BCUT2D eigenvalue weighted by Crippen LogP contribution is 2.00. The fourth-order valence-electron chi connectivity index (χ4n) is 1.22. The van der Waals surface area contributed by atoms with Crippen molar-refractivity contribution in [2.75, 3.05) is 6.61 Å². The fraction of sp³-hybridized carbons (Fsp3) is 0.417. The number of oxime groups is 1. The van der Waals surface area contributed by atoms with Crippen LogP contribution in [0, 0.1) is 0 Å². The molecule has 0 aliphatic carbocycles. The first-order chi connectivity index (χ1) is 8.29. The number of hydrogen-bond donors (Lipinski definition) is 1. The summed E-state index contributed by atoms with van der Waals surface area (Å²) in [5, 5.41) is 12.2. The van der Waals surface area contributed by atoms with Crippen LogP contribution in [0.1, 0.15) is 31.2 Å². The van der Waals surface area contributed by atoms with Gasteiger partial charge in [-0.05, 0) is 25.3 Å². The van der Waals surface area contributed by atoms with E-state index in [-0.39, 0.29) is 6.42 Å². The minimum Gasteiger partial charge on any atom is -0.481 e. The van der Waals surface area contributed by atoms with Crippen LogP contribution in [-0.2, 0) is 9.63 Å². The Kier molecular flexibility index (Phi) is 6.40. The van der Waals surface area contributed by atoms with E-state index >= 15 is 0 Å². The van der Waals surface area contributed by atoms with Gasteiger partial charge in [0.05, 0.1) is 6.21 Å². The summed E-state index contributed by atoms with van der Waals surface area (Å²) in [6, 6.07) is 3.71. The van der Waals surface area contributed by atoms with Crippen LogP contribution in [0.25, 0.3) is 0 Å². The van der Waals surface area contributed by atoms with Gasteiger partial charge in [0.1, 0.15) is 6.61 Å². The minimum absolute atomic E-state index is 0.221. The highest BCUT2D eigenvalue weighted by molar-refractivity contribution is 5.78. The third-order valence-corrected chi connectivity index (χ3v) is 2.09. The van der Waals surface area contributed by atoms with Gasteiger partial charge < -0.3 is 9.94 Å². The van der Waals surface area contributed by atoms with E-state index in [1.807, 2.05) is 12.1 Å². The van der Waals surface area contributed by atoms with E-state index in [2.05, 4.69) is 10.1 Å². The van der Waals surface area contributed by atoms with Gasteiger partial charge in [-0.2, -0.15) is 0 Å². The summed E-state index contributed by atoms with van der Waals surface area (Å²) < 4.78 is 0. The van der Waals surface area contributed by atoms with Crippen LogP contribution in [0.2, 0.25) is 0 Å². The van der Waals surface area contributed by atoms with E-state index in [9.17, 15) is 4.79 Å². The predicted molar refractivity (Wildman–Crippen MR) is 63.9 cm³/mol. The Hall–Kier alpha value is -1.91. The average Bonchev–Trinajstić information content (AvgIpc) is 2.33. The van der Waals surface area contributed by atoms with Gasteiger partial charge >= 0.3 is 5.97 Å². The number of aromatic nitrogens is 1. The molecule has 1 N–H and O–H groups in total. The monoisotopic (exact) mass is 236 g/mol. The Morgan fingerprint density at radius 1 is 1.47 bits per heavy atom. The molecule has 0 spiro atoms. The number of nitrogens with zero attached hydrogens (tertiary/aromatic N) is 2. The molecule has 5 heteroatoms. The molecule has 0 aliphatic heterocycles. The zero-order valence-corrected chi connectivity index (χ0v) is 9.58. The van der Waals surface area contributed by atoms with Crippen molar-refractivity contribution in [3.63, 3.8) is 0 Å². The number of pyridine rings is 1. The van der Waals surface area contributed by atoms with E-state index in [4.69, 9.17) is 9.94 Å². The molecule has 0 bridgehead atoms. The van der Waals surface area contributed by atoms with Crippen LogP contribution >= 0.6 is 0 Å². The number of carboxylic acids is 1.